The van der Waals surface area contributed by atoms with Crippen molar-refractivity contribution in [1.29, 1.82) is 0 Å². The normalized spacial score (nSPS) is 17.3. The van der Waals surface area contributed by atoms with Crippen LogP contribution in [0.1, 0.15) is 30.6 Å². The van der Waals surface area contributed by atoms with Gasteiger partial charge in [0.15, 0.2) is 0 Å². The van der Waals surface area contributed by atoms with E-state index in [4.69, 9.17) is 0 Å². The predicted molar refractivity (Wildman–Crippen MR) is 78.6 cm³/mol. The average molecular weight is 270 g/mol. The number of aryl methyl sites for hydroxylation is 2. The van der Waals surface area contributed by atoms with Crippen molar-refractivity contribution < 1.29 is 4.79 Å². The first-order chi connectivity index (χ1) is 9.70. The summed E-state index contributed by atoms with van der Waals surface area (Å²) in [7, 11) is 1.89. The van der Waals surface area contributed by atoms with Crippen molar-refractivity contribution in [2.75, 3.05) is 10.6 Å². The standard InChI is InChI=1S/C15H18N4O/c1-3-7-11-13-14(19(2)18-11)16-12(15(20)17-13)10-8-5-4-6-9-10/h4-6,8-9,12,16H,3,7H2,1-2H3,(H,17,20). The van der Waals surface area contributed by atoms with E-state index in [0.29, 0.717) is 0 Å². The quantitative estimate of drug-likeness (QED) is 0.900. The third-order valence-electron chi connectivity index (χ3n) is 3.53. The van der Waals surface area contributed by atoms with Gasteiger partial charge in [0.2, 0.25) is 0 Å². The van der Waals surface area contributed by atoms with Crippen LogP contribution in [0.4, 0.5) is 11.5 Å². The van der Waals surface area contributed by atoms with Crippen LogP contribution in [0.2, 0.25) is 0 Å². The Balaban J connectivity index is 1.97. The van der Waals surface area contributed by atoms with Gasteiger partial charge in [-0.15, -0.1) is 0 Å². The molecule has 0 spiro atoms. The fourth-order valence-electron chi connectivity index (χ4n) is 2.57. The van der Waals surface area contributed by atoms with Crippen molar-refractivity contribution >= 4 is 17.4 Å². The lowest BCUT2D eigenvalue weighted by molar-refractivity contribution is -0.117. The van der Waals surface area contributed by atoms with Crippen LogP contribution in [0.25, 0.3) is 0 Å². The van der Waals surface area contributed by atoms with Crippen LogP contribution in [-0.4, -0.2) is 15.7 Å². The zero-order valence-electron chi connectivity index (χ0n) is 11.7. The zero-order chi connectivity index (χ0) is 14.1. The Morgan fingerprint density at radius 1 is 1.30 bits per heavy atom. The van der Waals surface area contributed by atoms with Crippen LogP contribution >= 0.6 is 0 Å². The summed E-state index contributed by atoms with van der Waals surface area (Å²) < 4.78 is 1.80. The number of hydrogen-bond donors (Lipinski definition) is 2. The van der Waals surface area contributed by atoms with Crippen molar-refractivity contribution in [1.82, 2.24) is 9.78 Å². The van der Waals surface area contributed by atoms with E-state index in [1.165, 1.54) is 0 Å². The molecule has 0 saturated carbocycles. The van der Waals surface area contributed by atoms with E-state index in [1.807, 2.05) is 37.4 Å². The van der Waals surface area contributed by atoms with Crippen molar-refractivity contribution in [3.63, 3.8) is 0 Å². The van der Waals surface area contributed by atoms with E-state index in [9.17, 15) is 4.79 Å². The topological polar surface area (TPSA) is 59.0 Å². The van der Waals surface area contributed by atoms with E-state index in [2.05, 4.69) is 22.7 Å². The first-order valence-electron chi connectivity index (χ1n) is 6.89. The Labute approximate surface area is 118 Å². The number of nitrogens with zero attached hydrogens (tertiary/aromatic N) is 2. The Hall–Kier alpha value is -2.30. The summed E-state index contributed by atoms with van der Waals surface area (Å²) in [5, 5.41) is 10.8. The number of carbonyl (C=O) groups is 1. The molecule has 104 valence electrons. The van der Waals surface area contributed by atoms with Crippen molar-refractivity contribution in [3.8, 4) is 0 Å². The number of carbonyl (C=O) groups excluding carboxylic acids is 1. The van der Waals surface area contributed by atoms with Gasteiger partial charge in [0.1, 0.15) is 17.5 Å². The van der Waals surface area contributed by atoms with Crippen LogP contribution in [0.15, 0.2) is 30.3 Å². The molecule has 0 bridgehead atoms. The van der Waals surface area contributed by atoms with E-state index in [-0.39, 0.29) is 11.9 Å². The van der Waals surface area contributed by atoms with Gasteiger partial charge in [-0.25, -0.2) is 0 Å². The van der Waals surface area contributed by atoms with Crippen LogP contribution in [0.5, 0.6) is 0 Å². The maximum atomic E-state index is 12.3. The lowest BCUT2D eigenvalue weighted by atomic mass is 10.0. The van der Waals surface area contributed by atoms with Gasteiger partial charge >= 0.3 is 0 Å². The molecule has 20 heavy (non-hydrogen) atoms. The van der Waals surface area contributed by atoms with Crippen molar-refractivity contribution in [2.24, 2.45) is 7.05 Å². The summed E-state index contributed by atoms with van der Waals surface area (Å²) in [4.78, 5) is 12.3. The Kier molecular flexibility index (Phi) is 3.18. The number of aromatic nitrogens is 2. The number of nitrogens with one attached hydrogen (secondary N) is 2. The van der Waals surface area contributed by atoms with E-state index in [1.54, 1.807) is 4.68 Å². The highest BCUT2D eigenvalue weighted by Gasteiger charge is 2.31. The largest absolute Gasteiger partial charge is 0.353 e. The van der Waals surface area contributed by atoms with Crippen LogP contribution in [0.3, 0.4) is 0 Å². The monoisotopic (exact) mass is 270 g/mol. The Morgan fingerprint density at radius 3 is 2.75 bits per heavy atom. The molecule has 1 aliphatic heterocycles. The zero-order valence-corrected chi connectivity index (χ0v) is 11.7. The van der Waals surface area contributed by atoms with Gasteiger partial charge in [0, 0.05) is 7.05 Å². The number of rotatable bonds is 3. The van der Waals surface area contributed by atoms with Gasteiger partial charge < -0.3 is 10.6 Å². The van der Waals surface area contributed by atoms with E-state index < -0.39 is 0 Å². The van der Waals surface area contributed by atoms with E-state index >= 15 is 0 Å². The van der Waals surface area contributed by atoms with Crippen molar-refractivity contribution in [2.45, 2.75) is 25.8 Å². The molecular weight excluding hydrogens is 252 g/mol. The first-order valence-corrected chi connectivity index (χ1v) is 6.89. The first kappa shape index (κ1) is 12.7. The number of benzene rings is 1. The molecule has 2 aromatic rings. The molecule has 3 rings (SSSR count). The molecule has 1 atom stereocenters. The molecule has 0 aliphatic carbocycles. The van der Waals surface area contributed by atoms with E-state index in [0.717, 1.165) is 35.6 Å². The lowest BCUT2D eigenvalue weighted by Gasteiger charge is -2.25. The minimum Gasteiger partial charge on any atom is -0.353 e. The molecule has 1 aromatic carbocycles. The molecule has 2 N–H and O–H groups in total. The lowest BCUT2D eigenvalue weighted by Crippen LogP contribution is -2.32. The molecule has 1 aromatic heterocycles. The molecule has 0 fully saturated rings. The molecule has 0 radical (unpaired) electrons. The summed E-state index contributed by atoms with van der Waals surface area (Å²) in [6.45, 7) is 2.10. The second kappa shape index (κ2) is 5.00. The number of hydrogen-bond acceptors (Lipinski definition) is 3. The van der Waals surface area contributed by atoms with Crippen LogP contribution in [-0.2, 0) is 18.3 Å². The summed E-state index contributed by atoms with van der Waals surface area (Å²) in [6.07, 6.45) is 1.86. The highest BCUT2D eigenvalue weighted by molar-refractivity contribution is 6.03. The fraction of sp³-hybridized carbons (Fsp3) is 0.333. The summed E-state index contributed by atoms with van der Waals surface area (Å²) in [5.41, 5.74) is 2.72. The van der Waals surface area contributed by atoms with Crippen molar-refractivity contribution in [3.05, 3.63) is 41.6 Å². The fourth-order valence-corrected chi connectivity index (χ4v) is 2.57. The Bertz CT molecular complexity index is 633. The highest BCUT2D eigenvalue weighted by atomic mass is 16.2. The van der Waals surface area contributed by atoms with Gasteiger partial charge in [-0.2, -0.15) is 5.10 Å². The molecule has 1 amide bonds. The number of anilines is 2. The average Bonchev–Trinajstić information content (AvgIpc) is 2.75. The molecular formula is C15H18N4O. The summed E-state index contributed by atoms with van der Waals surface area (Å²) in [6, 6.07) is 9.35. The SMILES string of the molecule is CCCc1nn(C)c2c1NC(=O)C(c1ccccc1)N2. The maximum absolute atomic E-state index is 12.3. The van der Waals surface area contributed by atoms with Gasteiger partial charge in [-0.05, 0) is 12.0 Å². The summed E-state index contributed by atoms with van der Waals surface area (Å²) in [5.74, 6) is 0.843. The maximum Gasteiger partial charge on any atom is 0.251 e. The molecule has 0 saturated heterocycles. The molecule has 2 heterocycles. The Morgan fingerprint density at radius 2 is 2.05 bits per heavy atom. The second-order valence-corrected chi connectivity index (χ2v) is 5.02. The summed E-state index contributed by atoms with van der Waals surface area (Å²) >= 11 is 0. The van der Waals surface area contributed by atoms with Gasteiger partial charge in [-0.1, -0.05) is 43.7 Å². The van der Waals surface area contributed by atoms with Crippen LogP contribution < -0.4 is 10.6 Å². The smallest absolute Gasteiger partial charge is 0.251 e. The third kappa shape index (κ3) is 2.05. The van der Waals surface area contributed by atoms with Gasteiger partial charge in [0.05, 0.1) is 5.69 Å². The molecule has 5 nitrogen and oxygen atoms in total. The second-order valence-electron chi connectivity index (χ2n) is 5.02. The van der Waals surface area contributed by atoms with Gasteiger partial charge in [-0.3, -0.25) is 9.48 Å². The molecule has 1 aliphatic rings. The minimum atomic E-state index is -0.367. The van der Waals surface area contributed by atoms with Gasteiger partial charge in [0.25, 0.3) is 5.91 Å². The molecule has 5 heteroatoms. The predicted octanol–water partition coefficient (Wildman–Crippen LogP) is 2.48. The minimum absolute atomic E-state index is 0.0333. The highest BCUT2D eigenvalue weighted by Crippen LogP contribution is 2.34. The van der Waals surface area contributed by atoms with Crippen LogP contribution in [0, 0.1) is 0 Å². The third-order valence-corrected chi connectivity index (χ3v) is 3.53. The number of fused-ring (bicyclic) bond motifs is 1. The molecule has 1 unspecified atom stereocenters. The number of amides is 1.